The summed E-state index contributed by atoms with van der Waals surface area (Å²) in [6, 6.07) is 58.6. The smallest absolute Gasteiger partial charge is 0.657 e. The fraction of sp³-hybridized carbons (Fsp3) is 0.172. The van der Waals surface area contributed by atoms with Crippen molar-refractivity contribution in [2.75, 3.05) is 9.80 Å². The van der Waals surface area contributed by atoms with E-state index < -0.39 is 11.8 Å². The normalized spacial score (nSPS) is 13.4. The molecule has 11 heteroatoms. The van der Waals surface area contributed by atoms with Gasteiger partial charge in [-0.1, -0.05) is 179 Å². The summed E-state index contributed by atoms with van der Waals surface area (Å²) in [6.07, 6.45) is 8.52. The van der Waals surface area contributed by atoms with Crippen LogP contribution in [0.2, 0.25) is 0 Å². The van der Waals surface area contributed by atoms with Crippen LogP contribution in [0.25, 0.3) is 134 Å². The Balaban J connectivity index is 0.00000882. The summed E-state index contributed by atoms with van der Waals surface area (Å²) in [5, 5.41) is 6.05. The van der Waals surface area contributed by atoms with E-state index in [1.165, 1.54) is 26.5 Å². The second-order valence-corrected chi connectivity index (χ2v) is 32.3. The van der Waals surface area contributed by atoms with Crippen molar-refractivity contribution >= 4 is 124 Å². The van der Waals surface area contributed by atoms with Crippen LogP contribution in [0.4, 0.5) is 11.4 Å². The molecule has 3 aromatic heterocycles. The number of carbonyl (C=O) groups excluding carboxylic acids is 4. The topological polar surface area (TPSA) is 129 Å². The molecule has 0 radical (unpaired) electrons. The molecule has 110 heavy (non-hydrogen) atoms. The first kappa shape index (κ1) is 70.7. The Labute approximate surface area is 652 Å². The second kappa shape index (κ2) is 25.7. The molecule has 10 nitrogen and oxygen atoms in total. The number of hydrogen-bond acceptors (Lipinski definition) is 6. The molecule has 0 spiro atoms. The first-order valence-corrected chi connectivity index (χ1v) is 37.3. The molecule has 8 bridgehead atoms. The van der Waals surface area contributed by atoms with Gasteiger partial charge in [0.1, 0.15) is 0 Å². The summed E-state index contributed by atoms with van der Waals surface area (Å²) >= 11 is 0. The maximum absolute atomic E-state index is 15.0. The van der Waals surface area contributed by atoms with Gasteiger partial charge in [0.15, 0.2) is 0 Å². The van der Waals surface area contributed by atoms with Crippen LogP contribution in [0.15, 0.2) is 176 Å². The third-order valence-electron chi connectivity index (χ3n) is 22.6. The SMILES string of the molecule is Cc1cc(C)c(-c2c3nc(c(-c4c(C)cc(C)cc4C)c4ccc([n-]4)c(-c4c(C)cc(C)cc4C)c4nc(c(-c5ccc(C#Cc6ccc(N7C(=O)c8ccc9c%10ccc%11c%12c(ccc(c%13ccc(c8c9%13)C7=O)c%12%10)C(=O)N(c7cc(C(C)(C)C)ccc7C(C)(C)C)C%11=O)cc6)cc5)c5ccc2[n-]5)C=C4)C=C3)c(C)c1.[Zn+2]. The summed E-state index contributed by atoms with van der Waals surface area (Å²) in [5.41, 5.74) is 30.3. The van der Waals surface area contributed by atoms with Crippen LogP contribution in [0.5, 0.6) is 0 Å². The Morgan fingerprint density at radius 1 is 0.327 bits per heavy atom. The van der Waals surface area contributed by atoms with E-state index in [1.54, 1.807) is 24.3 Å². The number of aryl methyl sites for hydroxylation is 9. The molecule has 4 aliphatic heterocycles. The van der Waals surface area contributed by atoms with E-state index in [4.69, 9.17) is 19.9 Å². The van der Waals surface area contributed by atoms with E-state index in [-0.39, 0.29) is 42.1 Å². The Morgan fingerprint density at radius 3 is 1.00 bits per heavy atom. The molecule has 530 valence electrons. The van der Waals surface area contributed by atoms with Crippen molar-refractivity contribution in [1.82, 2.24) is 19.9 Å². The first-order chi connectivity index (χ1) is 52.2. The van der Waals surface area contributed by atoms with E-state index >= 15 is 9.59 Å². The quantitative estimate of drug-likeness (QED) is 0.0529. The minimum absolute atomic E-state index is 0. The van der Waals surface area contributed by atoms with Crippen LogP contribution in [-0.4, -0.2) is 33.6 Å². The molecule has 0 saturated carbocycles. The molecule has 0 aliphatic carbocycles. The molecule has 4 aliphatic rings. The standard InChI is InChI=1S/C99H78N6O4.Zn/c1-51-44-54(4)83(55(5)45-51)91-76-38-36-74(100-76)86(75-37-39-77(101-75)92(84-56(6)46-52(2)47-57(84)7)79-41-43-81(103-79)93(80-42-40-78(91)102-80)85-58(8)48-53(3)49-59(85)9)62-22-18-60(19-23-62)16-17-61-20-25-64(26-21-61)104-94(106)69-31-27-65-67-29-33-71-90-72(34-30-68(88(67)90)66-28-32-70(95(104)107)89(69)87(65)66)97(109)105(96(71)108)82-50-63(98(10,11)12)24-35-73(82)99(13,14)15;/h18-50H,1-15H3;/q-2;+2. The van der Waals surface area contributed by atoms with Gasteiger partial charge in [0.25, 0.3) is 23.6 Å². The number of aromatic nitrogens is 4. The molecule has 11 aromatic carbocycles. The predicted octanol–water partition coefficient (Wildman–Crippen LogP) is 23.0. The Hall–Kier alpha value is -12.2. The summed E-state index contributed by atoms with van der Waals surface area (Å²) in [7, 11) is 0. The number of nitrogens with zero attached hydrogens (tertiary/aromatic N) is 6. The number of fused-ring (bicyclic) bond motifs is 10. The minimum atomic E-state index is -0.438. The number of rotatable bonds is 6. The van der Waals surface area contributed by atoms with Gasteiger partial charge >= 0.3 is 19.5 Å². The van der Waals surface area contributed by atoms with E-state index in [2.05, 4.69) is 225 Å². The zero-order valence-electron chi connectivity index (χ0n) is 64.6. The van der Waals surface area contributed by atoms with Crippen molar-refractivity contribution in [3.05, 3.63) is 293 Å². The Kier molecular flexibility index (Phi) is 16.5. The number of anilines is 2. The molecule has 4 amide bonds. The molecular weight excluding hydrogens is 1400 g/mol. The van der Waals surface area contributed by atoms with Gasteiger partial charge in [0.05, 0.1) is 34.2 Å². The summed E-state index contributed by atoms with van der Waals surface area (Å²) < 4.78 is 0. The first-order valence-electron chi connectivity index (χ1n) is 37.3. The number of amides is 4. The van der Waals surface area contributed by atoms with Gasteiger partial charge in [-0.2, -0.15) is 0 Å². The van der Waals surface area contributed by atoms with Crippen LogP contribution >= 0.6 is 0 Å². The second-order valence-electron chi connectivity index (χ2n) is 32.3. The van der Waals surface area contributed by atoms with Crippen LogP contribution in [-0.2, 0) is 30.3 Å². The number of carbonyl (C=O) groups is 4. The molecule has 0 fully saturated rings. The molecule has 0 saturated heterocycles. The fourth-order valence-electron chi connectivity index (χ4n) is 18.0. The monoisotopic (exact) mass is 1480 g/mol. The van der Waals surface area contributed by atoms with Gasteiger partial charge in [0, 0.05) is 44.2 Å². The average Bonchev–Trinajstić information content (AvgIpc) is 0.723. The van der Waals surface area contributed by atoms with Crippen LogP contribution in [0.1, 0.15) is 178 Å². The van der Waals surface area contributed by atoms with Gasteiger partial charge < -0.3 is 9.97 Å². The maximum Gasteiger partial charge on any atom is 2.00 e. The zero-order valence-corrected chi connectivity index (χ0v) is 67.5. The van der Waals surface area contributed by atoms with Crippen LogP contribution < -0.4 is 19.8 Å². The Morgan fingerprint density at radius 2 is 0.655 bits per heavy atom. The summed E-state index contributed by atoms with van der Waals surface area (Å²) in [6.45, 7) is 32.2. The number of imide groups is 2. The molecule has 0 unspecified atom stereocenters. The molecule has 18 rings (SSSR count). The van der Waals surface area contributed by atoms with Gasteiger partial charge in [-0.25, -0.2) is 19.8 Å². The number of benzene rings is 11. The molecular formula is C99H78N6O4Zn. The van der Waals surface area contributed by atoms with Crippen molar-refractivity contribution < 1.29 is 38.7 Å². The van der Waals surface area contributed by atoms with Gasteiger partial charge in [-0.3, -0.25) is 19.2 Å². The largest absolute Gasteiger partial charge is 2.00 e. The van der Waals surface area contributed by atoms with Gasteiger partial charge in [-0.05, 0) is 286 Å². The third-order valence-corrected chi connectivity index (χ3v) is 22.6. The van der Waals surface area contributed by atoms with Gasteiger partial charge in [0.2, 0.25) is 0 Å². The Bertz CT molecular complexity index is 6570. The van der Waals surface area contributed by atoms with Crippen molar-refractivity contribution in [3.8, 4) is 56.3 Å². The summed E-state index contributed by atoms with van der Waals surface area (Å²) in [5.74, 6) is 5.12. The van der Waals surface area contributed by atoms with Gasteiger partial charge in [-0.15, -0.1) is 22.1 Å². The van der Waals surface area contributed by atoms with Crippen molar-refractivity contribution in [2.45, 2.75) is 115 Å². The molecule has 0 N–H and O–H groups in total. The van der Waals surface area contributed by atoms with E-state index in [0.717, 1.165) is 172 Å². The van der Waals surface area contributed by atoms with E-state index in [1.807, 2.05) is 66.7 Å². The van der Waals surface area contributed by atoms with Crippen LogP contribution in [0, 0.1) is 74.2 Å². The minimum Gasteiger partial charge on any atom is -0.657 e. The van der Waals surface area contributed by atoms with E-state index in [0.29, 0.717) is 50.0 Å². The number of hydrogen-bond donors (Lipinski definition) is 0. The molecule has 14 aromatic rings. The average molecular weight is 1480 g/mol. The van der Waals surface area contributed by atoms with E-state index in [9.17, 15) is 9.59 Å². The summed E-state index contributed by atoms with van der Waals surface area (Å²) in [4.78, 5) is 85.1. The fourth-order valence-corrected chi connectivity index (χ4v) is 18.0. The van der Waals surface area contributed by atoms with Crippen molar-refractivity contribution in [3.63, 3.8) is 0 Å². The third kappa shape index (κ3) is 11.2. The van der Waals surface area contributed by atoms with Crippen LogP contribution in [0.3, 0.4) is 0 Å². The molecule has 0 atom stereocenters. The maximum atomic E-state index is 15.0. The van der Waals surface area contributed by atoms with Crippen molar-refractivity contribution in [2.24, 2.45) is 0 Å². The predicted molar refractivity (Wildman–Crippen MR) is 447 cm³/mol. The van der Waals surface area contributed by atoms with Crippen molar-refractivity contribution in [1.29, 1.82) is 0 Å². The molecule has 7 heterocycles. The zero-order chi connectivity index (χ0) is 75.9.